The van der Waals surface area contributed by atoms with Crippen molar-refractivity contribution in [1.29, 1.82) is 0 Å². The third-order valence-electron chi connectivity index (χ3n) is 3.16. The molecule has 0 saturated carbocycles. The number of hydrogen-bond acceptors (Lipinski definition) is 2. The summed E-state index contributed by atoms with van der Waals surface area (Å²) in [4.78, 5) is 11.9. The number of aryl methyl sites for hydroxylation is 3. The highest BCUT2D eigenvalue weighted by Crippen LogP contribution is 2.23. The molecule has 0 radical (unpaired) electrons. The van der Waals surface area contributed by atoms with Gasteiger partial charge in [0.05, 0.1) is 0 Å². The molecule has 0 heterocycles. The summed E-state index contributed by atoms with van der Waals surface area (Å²) >= 11 is 5.82. The highest BCUT2D eigenvalue weighted by Gasteiger charge is 2.09. The Morgan fingerprint density at radius 1 is 1.05 bits per heavy atom. The first-order valence-electron chi connectivity index (χ1n) is 6.57. The van der Waals surface area contributed by atoms with E-state index in [-0.39, 0.29) is 5.97 Å². The molecule has 0 atom stereocenters. The van der Waals surface area contributed by atoms with Gasteiger partial charge in [-0.05, 0) is 49.1 Å². The molecule has 0 spiro atoms. The van der Waals surface area contributed by atoms with Crippen LogP contribution in [0, 0.1) is 13.8 Å². The van der Waals surface area contributed by atoms with E-state index in [9.17, 15) is 4.79 Å². The van der Waals surface area contributed by atoms with E-state index in [1.807, 2.05) is 56.3 Å². The zero-order valence-electron chi connectivity index (χ0n) is 11.7. The van der Waals surface area contributed by atoms with Gasteiger partial charge in [0, 0.05) is 11.4 Å². The van der Waals surface area contributed by atoms with Crippen LogP contribution in [0.4, 0.5) is 0 Å². The van der Waals surface area contributed by atoms with Crippen molar-refractivity contribution >= 4 is 17.6 Å². The van der Waals surface area contributed by atoms with Crippen molar-refractivity contribution in [3.63, 3.8) is 0 Å². The van der Waals surface area contributed by atoms with Crippen LogP contribution in [0.15, 0.2) is 42.5 Å². The molecule has 2 nitrogen and oxygen atoms in total. The number of carbonyl (C=O) groups is 1. The molecule has 2 rings (SSSR count). The number of ether oxygens (including phenoxy) is 1. The van der Waals surface area contributed by atoms with Crippen molar-refractivity contribution in [2.24, 2.45) is 0 Å². The molecular formula is C17H17ClO2. The number of benzene rings is 2. The molecule has 0 saturated heterocycles. The van der Waals surface area contributed by atoms with E-state index < -0.39 is 0 Å². The fourth-order valence-electron chi connectivity index (χ4n) is 2.02. The summed E-state index contributed by atoms with van der Waals surface area (Å²) in [5, 5.41) is 0.701. The molecule has 2 aromatic carbocycles. The van der Waals surface area contributed by atoms with Gasteiger partial charge in [-0.15, -0.1) is 0 Å². The molecule has 20 heavy (non-hydrogen) atoms. The second-order valence-electron chi connectivity index (χ2n) is 4.82. The van der Waals surface area contributed by atoms with E-state index in [0.29, 0.717) is 23.6 Å². The van der Waals surface area contributed by atoms with Crippen LogP contribution >= 0.6 is 11.6 Å². The van der Waals surface area contributed by atoms with Crippen LogP contribution in [-0.4, -0.2) is 5.97 Å². The fourth-order valence-corrected chi connectivity index (χ4v) is 2.15. The summed E-state index contributed by atoms with van der Waals surface area (Å²) in [7, 11) is 0. The van der Waals surface area contributed by atoms with E-state index >= 15 is 0 Å². The minimum atomic E-state index is -0.211. The summed E-state index contributed by atoms with van der Waals surface area (Å²) in [6, 6.07) is 13.3. The smallest absolute Gasteiger partial charge is 0.311 e. The van der Waals surface area contributed by atoms with Gasteiger partial charge in [0.2, 0.25) is 0 Å². The molecule has 0 aliphatic heterocycles. The average molecular weight is 289 g/mol. The van der Waals surface area contributed by atoms with Crippen molar-refractivity contribution in [3.05, 3.63) is 64.2 Å². The van der Waals surface area contributed by atoms with Gasteiger partial charge in [0.25, 0.3) is 0 Å². The van der Waals surface area contributed by atoms with Crippen LogP contribution < -0.4 is 4.74 Å². The Kier molecular flexibility index (Phi) is 4.80. The van der Waals surface area contributed by atoms with E-state index in [2.05, 4.69) is 0 Å². The molecule has 0 fully saturated rings. The summed E-state index contributed by atoms with van der Waals surface area (Å²) in [6.07, 6.45) is 1.01. The molecule has 3 heteroatoms. The molecule has 0 unspecified atom stereocenters. The topological polar surface area (TPSA) is 26.3 Å². The second kappa shape index (κ2) is 6.58. The van der Waals surface area contributed by atoms with Gasteiger partial charge >= 0.3 is 5.97 Å². The molecule has 104 valence electrons. The number of halogens is 1. The minimum Gasteiger partial charge on any atom is -0.426 e. The molecule has 2 aromatic rings. The lowest BCUT2D eigenvalue weighted by atomic mass is 10.1. The lowest BCUT2D eigenvalue weighted by Gasteiger charge is -2.10. The van der Waals surface area contributed by atoms with Gasteiger partial charge in [-0.2, -0.15) is 0 Å². The lowest BCUT2D eigenvalue weighted by molar-refractivity contribution is -0.134. The predicted molar refractivity (Wildman–Crippen MR) is 81.3 cm³/mol. The number of hydrogen-bond donors (Lipinski definition) is 0. The highest BCUT2D eigenvalue weighted by atomic mass is 35.5. The minimum absolute atomic E-state index is 0.211. The summed E-state index contributed by atoms with van der Waals surface area (Å²) in [6.45, 7) is 3.88. The predicted octanol–water partition coefficient (Wildman–Crippen LogP) is 4.50. The molecule has 0 amide bonds. The molecule has 0 aromatic heterocycles. The first kappa shape index (κ1) is 14.6. The Morgan fingerprint density at radius 2 is 1.65 bits per heavy atom. The Bertz CT molecular complexity index is 583. The van der Waals surface area contributed by atoms with Crippen molar-refractivity contribution in [2.45, 2.75) is 26.7 Å². The van der Waals surface area contributed by atoms with Crippen LogP contribution in [0.3, 0.4) is 0 Å². The van der Waals surface area contributed by atoms with Crippen LogP contribution in [-0.2, 0) is 11.2 Å². The Hall–Kier alpha value is -1.80. The SMILES string of the molecule is Cc1cccc(C)c1OC(=O)CCc1ccc(Cl)cc1. The van der Waals surface area contributed by atoms with Crippen LogP contribution in [0.25, 0.3) is 0 Å². The van der Waals surface area contributed by atoms with Gasteiger partial charge < -0.3 is 4.74 Å². The number of para-hydroxylation sites is 1. The van der Waals surface area contributed by atoms with E-state index in [0.717, 1.165) is 16.7 Å². The Balaban J connectivity index is 1.94. The molecule has 0 bridgehead atoms. The molecule has 0 aliphatic rings. The Morgan fingerprint density at radius 3 is 2.25 bits per heavy atom. The average Bonchev–Trinajstić information content (AvgIpc) is 2.42. The third-order valence-corrected chi connectivity index (χ3v) is 3.41. The first-order valence-corrected chi connectivity index (χ1v) is 6.95. The molecular weight excluding hydrogens is 272 g/mol. The number of carbonyl (C=O) groups excluding carboxylic acids is 1. The number of esters is 1. The van der Waals surface area contributed by atoms with Crippen molar-refractivity contribution in [2.75, 3.05) is 0 Å². The quantitative estimate of drug-likeness (QED) is 0.612. The maximum absolute atomic E-state index is 11.9. The van der Waals surface area contributed by atoms with Gasteiger partial charge in [-0.1, -0.05) is 41.9 Å². The van der Waals surface area contributed by atoms with Crippen LogP contribution in [0.5, 0.6) is 5.75 Å². The van der Waals surface area contributed by atoms with Gasteiger partial charge in [0.15, 0.2) is 0 Å². The zero-order valence-corrected chi connectivity index (χ0v) is 12.4. The van der Waals surface area contributed by atoms with E-state index in [4.69, 9.17) is 16.3 Å². The zero-order chi connectivity index (χ0) is 14.5. The summed E-state index contributed by atoms with van der Waals surface area (Å²) < 4.78 is 5.46. The monoisotopic (exact) mass is 288 g/mol. The van der Waals surface area contributed by atoms with Crippen molar-refractivity contribution in [1.82, 2.24) is 0 Å². The van der Waals surface area contributed by atoms with Crippen molar-refractivity contribution in [3.8, 4) is 5.75 Å². The maximum atomic E-state index is 11.9. The normalized spacial score (nSPS) is 10.3. The molecule has 0 aliphatic carbocycles. The standard InChI is InChI=1S/C17H17ClO2/c1-12-4-3-5-13(2)17(12)20-16(19)11-8-14-6-9-15(18)10-7-14/h3-7,9-10H,8,11H2,1-2H3. The molecule has 0 N–H and O–H groups in total. The Labute approximate surface area is 124 Å². The van der Waals surface area contributed by atoms with E-state index in [1.165, 1.54) is 0 Å². The summed E-state index contributed by atoms with van der Waals surface area (Å²) in [5.41, 5.74) is 3.03. The largest absolute Gasteiger partial charge is 0.426 e. The second-order valence-corrected chi connectivity index (χ2v) is 5.26. The van der Waals surface area contributed by atoms with Gasteiger partial charge in [-0.25, -0.2) is 0 Å². The van der Waals surface area contributed by atoms with Crippen molar-refractivity contribution < 1.29 is 9.53 Å². The highest BCUT2D eigenvalue weighted by molar-refractivity contribution is 6.30. The van der Waals surface area contributed by atoms with E-state index in [1.54, 1.807) is 0 Å². The van der Waals surface area contributed by atoms with Gasteiger partial charge in [0.1, 0.15) is 5.75 Å². The van der Waals surface area contributed by atoms with Crippen LogP contribution in [0.1, 0.15) is 23.1 Å². The fraction of sp³-hybridized carbons (Fsp3) is 0.235. The van der Waals surface area contributed by atoms with Gasteiger partial charge in [-0.3, -0.25) is 4.79 Å². The summed E-state index contributed by atoms with van der Waals surface area (Å²) in [5.74, 6) is 0.464. The first-order chi connectivity index (χ1) is 9.56. The van der Waals surface area contributed by atoms with Crippen LogP contribution in [0.2, 0.25) is 5.02 Å². The maximum Gasteiger partial charge on any atom is 0.311 e. The third kappa shape index (κ3) is 3.84. The number of rotatable bonds is 4. The lowest BCUT2D eigenvalue weighted by Crippen LogP contribution is -2.10.